The van der Waals surface area contributed by atoms with Crippen LogP contribution < -0.4 is 5.32 Å². The molecule has 1 fully saturated rings. The predicted octanol–water partition coefficient (Wildman–Crippen LogP) is 1.32. The van der Waals surface area contributed by atoms with E-state index in [1.54, 1.807) is 4.90 Å². The predicted molar refractivity (Wildman–Crippen MR) is 83.8 cm³/mol. The van der Waals surface area contributed by atoms with Crippen LogP contribution in [0.15, 0.2) is 4.99 Å². The first-order chi connectivity index (χ1) is 9.83. The largest absolute Gasteiger partial charge is 0.444 e. The molecule has 2 heterocycles. The average molecular weight is 296 g/mol. The molecule has 1 N–H and O–H groups in total. The number of likely N-dealkylation sites (tertiary alicyclic amines) is 1. The topological polar surface area (TPSA) is 57.2 Å². The maximum absolute atomic E-state index is 12.1. The van der Waals surface area contributed by atoms with Crippen molar-refractivity contribution in [2.75, 3.05) is 39.8 Å². The fourth-order valence-corrected chi connectivity index (χ4v) is 2.58. The van der Waals surface area contributed by atoms with Crippen LogP contribution in [-0.2, 0) is 4.74 Å². The van der Waals surface area contributed by atoms with E-state index >= 15 is 0 Å². The number of rotatable bonds is 1. The Bertz CT molecular complexity index is 395. The average Bonchev–Trinajstić information content (AvgIpc) is 2.40. The number of hydrogen-bond acceptors (Lipinski definition) is 5. The van der Waals surface area contributed by atoms with Crippen LogP contribution in [0.3, 0.4) is 0 Å². The third kappa shape index (κ3) is 5.19. The van der Waals surface area contributed by atoms with Crippen molar-refractivity contribution in [1.29, 1.82) is 0 Å². The smallest absolute Gasteiger partial charge is 0.410 e. The number of amidine groups is 1. The van der Waals surface area contributed by atoms with E-state index in [9.17, 15) is 4.79 Å². The highest BCUT2D eigenvalue weighted by Gasteiger charge is 2.26. The number of hydrogen-bond donors (Lipinski definition) is 1. The zero-order chi connectivity index (χ0) is 15.5. The number of aliphatic imine (C=N–C) groups is 1. The van der Waals surface area contributed by atoms with E-state index in [1.807, 2.05) is 20.8 Å². The molecule has 0 atom stereocenters. The van der Waals surface area contributed by atoms with Gasteiger partial charge in [0.15, 0.2) is 0 Å². The molecule has 0 saturated carbocycles. The van der Waals surface area contributed by atoms with Crippen molar-refractivity contribution in [1.82, 2.24) is 15.1 Å². The fourth-order valence-electron chi connectivity index (χ4n) is 2.58. The van der Waals surface area contributed by atoms with Crippen LogP contribution in [0.25, 0.3) is 0 Å². The normalized spacial score (nSPS) is 21.9. The summed E-state index contributed by atoms with van der Waals surface area (Å²) in [7, 11) is 2.15. The zero-order valence-corrected chi connectivity index (χ0v) is 13.7. The molecule has 0 unspecified atom stereocenters. The summed E-state index contributed by atoms with van der Waals surface area (Å²) in [6.07, 6.45) is 2.00. The maximum atomic E-state index is 12.1. The summed E-state index contributed by atoms with van der Waals surface area (Å²) in [6, 6.07) is 0.471. The van der Waals surface area contributed by atoms with Gasteiger partial charge in [0.05, 0.1) is 13.1 Å². The number of piperidine rings is 1. The number of carbonyl (C=O) groups excluding carboxylic acids is 1. The first-order valence-corrected chi connectivity index (χ1v) is 7.80. The monoisotopic (exact) mass is 296 g/mol. The molecule has 2 rings (SSSR count). The molecule has 6 heteroatoms. The van der Waals surface area contributed by atoms with Crippen molar-refractivity contribution < 1.29 is 9.53 Å². The van der Waals surface area contributed by atoms with Crippen LogP contribution in [0.4, 0.5) is 4.79 Å². The van der Waals surface area contributed by atoms with Crippen molar-refractivity contribution in [3.8, 4) is 0 Å². The van der Waals surface area contributed by atoms with Gasteiger partial charge in [-0.15, -0.1) is 0 Å². The van der Waals surface area contributed by atoms with Gasteiger partial charge in [-0.3, -0.25) is 9.89 Å². The molecule has 0 aromatic heterocycles. The van der Waals surface area contributed by atoms with Crippen LogP contribution >= 0.6 is 0 Å². The second-order valence-corrected chi connectivity index (χ2v) is 6.95. The first-order valence-electron chi connectivity index (χ1n) is 7.80. The van der Waals surface area contributed by atoms with Gasteiger partial charge in [0.1, 0.15) is 11.4 Å². The Labute approximate surface area is 127 Å². The van der Waals surface area contributed by atoms with Crippen molar-refractivity contribution >= 4 is 11.9 Å². The van der Waals surface area contributed by atoms with Gasteiger partial charge in [-0.25, -0.2) is 4.79 Å². The highest BCUT2D eigenvalue weighted by Crippen LogP contribution is 2.12. The van der Waals surface area contributed by atoms with Crippen LogP contribution in [0.2, 0.25) is 0 Å². The van der Waals surface area contributed by atoms with E-state index in [4.69, 9.17) is 4.74 Å². The van der Waals surface area contributed by atoms with E-state index in [0.29, 0.717) is 25.7 Å². The molecule has 0 aromatic carbocycles. The van der Waals surface area contributed by atoms with Crippen LogP contribution in [-0.4, -0.2) is 73.1 Å². The zero-order valence-electron chi connectivity index (χ0n) is 13.7. The number of carbonyl (C=O) groups is 1. The van der Waals surface area contributed by atoms with E-state index in [2.05, 4.69) is 22.3 Å². The molecule has 2 aliphatic heterocycles. The van der Waals surface area contributed by atoms with Gasteiger partial charge >= 0.3 is 6.09 Å². The van der Waals surface area contributed by atoms with E-state index in [1.165, 1.54) is 0 Å². The summed E-state index contributed by atoms with van der Waals surface area (Å²) in [5.74, 6) is 0.918. The molecule has 2 aliphatic rings. The molecular formula is C15H28N4O2. The Morgan fingerprint density at radius 1 is 1.29 bits per heavy atom. The summed E-state index contributed by atoms with van der Waals surface area (Å²) in [6.45, 7) is 9.70. The van der Waals surface area contributed by atoms with Gasteiger partial charge in [0.2, 0.25) is 0 Å². The lowest BCUT2D eigenvalue weighted by molar-refractivity contribution is 0.0276. The Hall–Kier alpha value is -1.30. The molecular weight excluding hydrogens is 268 g/mol. The summed E-state index contributed by atoms with van der Waals surface area (Å²) < 4.78 is 5.43. The summed E-state index contributed by atoms with van der Waals surface area (Å²) >= 11 is 0. The molecule has 0 bridgehead atoms. The Morgan fingerprint density at radius 3 is 2.57 bits per heavy atom. The molecule has 120 valence electrons. The Morgan fingerprint density at radius 2 is 1.95 bits per heavy atom. The second-order valence-electron chi connectivity index (χ2n) is 6.95. The summed E-state index contributed by atoms with van der Waals surface area (Å²) in [5.41, 5.74) is -0.451. The molecule has 0 spiro atoms. The van der Waals surface area contributed by atoms with Gasteiger partial charge < -0.3 is 15.0 Å². The highest BCUT2D eigenvalue weighted by atomic mass is 16.6. The molecule has 0 aromatic rings. The van der Waals surface area contributed by atoms with E-state index in [0.717, 1.165) is 31.8 Å². The molecule has 1 saturated heterocycles. The minimum Gasteiger partial charge on any atom is -0.444 e. The van der Waals surface area contributed by atoms with Gasteiger partial charge in [-0.05, 0) is 53.8 Å². The van der Waals surface area contributed by atoms with E-state index in [-0.39, 0.29) is 6.09 Å². The minimum atomic E-state index is -0.451. The molecule has 1 amide bonds. The van der Waals surface area contributed by atoms with Crippen LogP contribution in [0.1, 0.15) is 33.6 Å². The molecule has 0 radical (unpaired) electrons. The SMILES string of the molecule is CN1CCC(NC2=NCCN(C(=O)OC(C)(C)C)C2)CC1. The van der Waals surface area contributed by atoms with Crippen molar-refractivity contribution in [3.63, 3.8) is 0 Å². The number of ether oxygens (including phenoxy) is 1. The van der Waals surface area contributed by atoms with Crippen molar-refractivity contribution in [2.24, 2.45) is 4.99 Å². The number of amides is 1. The Balaban J connectivity index is 1.83. The summed E-state index contributed by atoms with van der Waals surface area (Å²) in [5, 5.41) is 3.50. The third-order valence-corrected chi connectivity index (χ3v) is 3.75. The lowest BCUT2D eigenvalue weighted by Gasteiger charge is -2.34. The van der Waals surface area contributed by atoms with Crippen molar-refractivity contribution in [2.45, 2.75) is 45.3 Å². The van der Waals surface area contributed by atoms with E-state index < -0.39 is 5.60 Å². The summed E-state index contributed by atoms with van der Waals surface area (Å²) in [4.78, 5) is 20.7. The number of nitrogens with zero attached hydrogens (tertiary/aromatic N) is 3. The molecule has 21 heavy (non-hydrogen) atoms. The number of nitrogens with one attached hydrogen (secondary N) is 1. The molecule has 0 aliphatic carbocycles. The third-order valence-electron chi connectivity index (χ3n) is 3.75. The van der Waals surface area contributed by atoms with Gasteiger partial charge in [0, 0.05) is 12.6 Å². The fraction of sp³-hybridized carbons (Fsp3) is 0.867. The standard InChI is InChI=1S/C15H28N4O2/c1-15(2,3)21-14(20)19-10-7-16-13(11-19)17-12-5-8-18(4)9-6-12/h12H,5-11H2,1-4H3,(H,16,17). The minimum absolute atomic E-state index is 0.250. The van der Waals surface area contributed by atoms with Gasteiger partial charge in [-0.1, -0.05) is 0 Å². The van der Waals surface area contributed by atoms with Gasteiger partial charge in [-0.2, -0.15) is 0 Å². The van der Waals surface area contributed by atoms with Crippen LogP contribution in [0, 0.1) is 0 Å². The quantitative estimate of drug-likeness (QED) is 0.793. The highest BCUT2D eigenvalue weighted by molar-refractivity contribution is 5.88. The van der Waals surface area contributed by atoms with Gasteiger partial charge in [0.25, 0.3) is 0 Å². The van der Waals surface area contributed by atoms with Crippen LogP contribution in [0.5, 0.6) is 0 Å². The Kier molecular flexibility index (Phi) is 5.08. The second kappa shape index (κ2) is 6.64. The lowest BCUT2D eigenvalue weighted by atomic mass is 10.1. The maximum Gasteiger partial charge on any atom is 0.410 e. The first kappa shape index (κ1) is 16.1. The lowest BCUT2D eigenvalue weighted by Crippen LogP contribution is -2.51. The van der Waals surface area contributed by atoms with Crippen molar-refractivity contribution in [3.05, 3.63) is 0 Å². The molecule has 6 nitrogen and oxygen atoms in total.